The van der Waals surface area contributed by atoms with Gasteiger partial charge in [-0.25, -0.2) is 4.98 Å². The van der Waals surface area contributed by atoms with Crippen molar-refractivity contribution >= 4 is 17.4 Å². The highest BCUT2D eigenvalue weighted by molar-refractivity contribution is 5.94. The van der Waals surface area contributed by atoms with Crippen molar-refractivity contribution in [1.82, 2.24) is 14.6 Å². The quantitative estimate of drug-likeness (QED) is 0.771. The molecule has 2 aromatic heterocycles. The molecule has 1 aliphatic carbocycles. The summed E-state index contributed by atoms with van der Waals surface area (Å²) in [6.07, 6.45) is 4.18. The minimum atomic E-state index is 0.00740. The highest BCUT2D eigenvalue weighted by Crippen LogP contribution is 2.48. The first-order valence-corrected chi connectivity index (χ1v) is 7.65. The molecule has 0 unspecified atom stereocenters. The van der Waals surface area contributed by atoms with E-state index in [4.69, 9.17) is 5.73 Å². The smallest absolute Gasteiger partial charge is 0.229 e. The second kappa shape index (κ2) is 5.48. The molecule has 6 heteroatoms. The van der Waals surface area contributed by atoms with Crippen molar-refractivity contribution < 1.29 is 4.79 Å². The lowest BCUT2D eigenvalue weighted by molar-refractivity contribution is -0.117. The lowest BCUT2D eigenvalue weighted by Crippen LogP contribution is -2.16. The van der Waals surface area contributed by atoms with Gasteiger partial charge in [0.1, 0.15) is 0 Å². The van der Waals surface area contributed by atoms with E-state index < -0.39 is 0 Å². The van der Waals surface area contributed by atoms with E-state index in [-0.39, 0.29) is 17.7 Å². The van der Waals surface area contributed by atoms with Gasteiger partial charge >= 0.3 is 0 Å². The fourth-order valence-corrected chi connectivity index (χ4v) is 2.89. The van der Waals surface area contributed by atoms with Crippen LogP contribution in [0.5, 0.6) is 0 Å². The summed E-state index contributed by atoms with van der Waals surface area (Å²) in [7, 11) is 0. The van der Waals surface area contributed by atoms with Gasteiger partial charge in [-0.05, 0) is 35.6 Å². The Hall–Kier alpha value is -2.73. The summed E-state index contributed by atoms with van der Waals surface area (Å²) in [5, 5.41) is 7.13. The Morgan fingerprint density at radius 3 is 2.91 bits per heavy atom. The second-order valence-corrected chi connectivity index (χ2v) is 5.82. The molecule has 0 bridgehead atoms. The van der Waals surface area contributed by atoms with E-state index in [1.165, 1.54) is 5.56 Å². The number of aromatic nitrogens is 3. The number of fused-ring (bicyclic) bond motifs is 1. The number of rotatable bonds is 4. The summed E-state index contributed by atoms with van der Waals surface area (Å²) in [5.41, 5.74) is 8.62. The van der Waals surface area contributed by atoms with Gasteiger partial charge in [0.15, 0.2) is 11.5 Å². The van der Waals surface area contributed by atoms with Crippen LogP contribution in [0, 0.1) is 5.92 Å². The molecule has 1 saturated carbocycles. The molecule has 116 valence electrons. The van der Waals surface area contributed by atoms with Gasteiger partial charge in [-0.2, -0.15) is 9.61 Å². The van der Waals surface area contributed by atoms with E-state index in [1.807, 2.05) is 24.3 Å². The van der Waals surface area contributed by atoms with E-state index in [9.17, 15) is 4.79 Å². The van der Waals surface area contributed by atoms with E-state index in [1.54, 1.807) is 16.9 Å². The molecule has 1 amide bonds. The monoisotopic (exact) mass is 307 g/mol. The van der Waals surface area contributed by atoms with Gasteiger partial charge < -0.3 is 11.1 Å². The molecular formula is C17H17N5O. The Balaban J connectivity index is 1.46. The summed E-state index contributed by atoms with van der Waals surface area (Å²) < 4.78 is 1.63. The van der Waals surface area contributed by atoms with Crippen LogP contribution in [-0.2, 0) is 11.3 Å². The maximum atomic E-state index is 12.4. The molecule has 3 N–H and O–H groups in total. The number of nitrogens with two attached hydrogens (primary N) is 1. The van der Waals surface area contributed by atoms with Gasteiger partial charge in [0.25, 0.3) is 0 Å². The number of anilines is 1. The number of imidazole rings is 1. The summed E-state index contributed by atoms with van der Waals surface area (Å²) >= 11 is 0. The maximum Gasteiger partial charge on any atom is 0.229 e. The lowest BCUT2D eigenvalue weighted by atomic mass is 10.1. The number of benzene rings is 1. The van der Waals surface area contributed by atoms with Crippen molar-refractivity contribution in [3.63, 3.8) is 0 Å². The Labute approximate surface area is 133 Å². The lowest BCUT2D eigenvalue weighted by Gasteiger charge is -2.04. The van der Waals surface area contributed by atoms with Crippen molar-refractivity contribution in [2.45, 2.75) is 18.9 Å². The standard InChI is InChI=1S/C17H17N5O/c18-9-11-3-5-12(6-4-11)13-8-14(13)17(23)21-16-10-19-15-2-1-7-20-22(15)16/h1-7,10,13-14H,8-9,18H2,(H,21,23)/t13-,14+/m0/s1. The fraction of sp³-hybridized carbons (Fsp3) is 0.235. The Kier molecular flexibility index (Phi) is 3.31. The maximum absolute atomic E-state index is 12.4. The zero-order chi connectivity index (χ0) is 15.8. The SMILES string of the molecule is NCc1ccc([C@@H]2C[C@H]2C(=O)Nc2cnc3cccnn23)cc1. The largest absolute Gasteiger partial charge is 0.326 e. The second-order valence-electron chi connectivity index (χ2n) is 5.82. The molecule has 2 atom stereocenters. The molecule has 3 aromatic rings. The first-order chi connectivity index (χ1) is 11.3. The fourth-order valence-electron chi connectivity index (χ4n) is 2.89. The molecule has 4 rings (SSSR count). The van der Waals surface area contributed by atoms with Crippen molar-refractivity contribution in [1.29, 1.82) is 0 Å². The van der Waals surface area contributed by atoms with Crippen molar-refractivity contribution in [2.75, 3.05) is 5.32 Å². The zero-order valence-corrected chi connectivity index (χ0v) is 12.5. The highest BCUT2D eigenvalue weighted by Gasteiger charge is 2.44. The minimum absolute atomic E-state index is 0.00740. The first-order valence-electron chi connectivity index (χ1n) is 7.65. The van der Waals surface area contributed by atoms with E-state index >= 15 is 0 Å². The third-order valence-corrected chi connectivity index (χ3v) is 4.30. The number of nitrogens with zero attached hydrogens (tertiary/aromatic N) is 3. The van der Waals surface area contributed by atoms with Crippen LogP contribution in [0.1, 0.15) is 23.5 Å². The molecule has 0 spiro atoms. The predicted molar refractivity (Wildman–Crippen MR) is 86.8 cm³/mol. The van der Waals surface area contributed by atoms with Gasteiger partial charge in [-0.1, -0.05) is 24.3 Å². The molecule has 0 radical (unpaired) electrons. The molecule has 23 heavy (non-hydrogen) atoms. The molecule has 6 nitrogen and oxygen atoms in total. The van der Waals surface area contributed by atoms with Gasteiger partial charge in [0, 0.05) is 18.7 Å². The van der Waals surface area contributed by atoms with E-state index in [0.29, 0.717) is 18.0 Å². The Bertz CT molecular complexity index is 855. The third kappa shape index (κ3) is 2.57. The summed E-state index contributed by atoms with van der Waals surface area (Å²) in [4.78, 5) is 16.6. The normalized spacial score (nSPS) is 19.7. The summed E-state index contributed by atoms with van der Waals surface area (Å²) in [5.74, 6) is 0.919. The molecule has 2 heterocycles. The van der Waals surface area contributed by atoms with Crippen LogP contribution in [0.25, 0.3) is 5.65 Å². The van der Waals surface area contributed by atoms with Gasteiger partial charge in [0.05, 0.1) is 6.20 Å². The molecule has 1 aromatic carbocycles. The van der Waals surface area contributed by atoms with Crippen LogP contribution >= 0.6 is 0 Å². The number of hydrogen-bond donors (Lipinski definition) is 2. The molecule has 0 aliphatic heterocycles. The Morgan fingerprint density at radius 1 is 1.30 bits per heavy atom. The minimum Gasteiger partial charge on any atom is -0.326 e. The first kappa shape index (κ1) is 13.9. The van der Waals surface area contributed by atoms with Crippen molar-refractivity contribution in [3.8, 4) is 0 Å². The van der Waals surface area contributed by atoms with Crippen LogP contribution in [0.2, 0.25) is 0 Å². The average molecular weight is 307 g/mol. The highest BCUT2D eigenvalue weighted by atomic mass is 16.2. The van der Waals surface area contributed by atoms with E-state index in [0.717, 1.165) is 12.0 Å². The van der Waals surface area contributed by atoms with Gasteiger partial charge in [-0.3, -0.25) is 4.79 Å². The van der Waals surface area contributed by atoms with Crippen molar-refractivity contribution in [2.24, 2.45) is 11.7 Å². The van der Waals surface area contributed by atoms with Gasteiger partial charge in [0.2, 0.25) is 5.91 Å². The number of amides is 1. The summed E-state index contributed by atoms with van der Waals surface area (Å²) in [6.45, 7) is 0.538. The zero-order valence-electron chi connectivity index (χ0n) is 12.5. The van der Waals surface area contributed by atoms with E-state index in [2.05, 4.69) is 27.5 Å². The molecule has 1 aliphatic rings. The Morgan fingerprint density at radius 2 is 2.13 bits per heavy atom. The number of carbonyl (C=O) groups excluding carboxylic acids is 1. The topological polar surface area (TPSA) is 85.3 Å². The number of carbonyl (C=O) groups is 1. The molecule has 0 saturated heterocycles. The van der Waals surface area contributed by atoms with Crippen LogP contribution in [0.15, 0.2) is 48.8 Å². The summed E-state index contributed by atoms with van der Waals surface area (Å²) in [6, 6.07) is 11.8. The van der Waals surface area contributed by atoms with Crippen LogP contribution in [0.3, 0.4) is 0 Å². The number of nitrogens with one attached hydrogen (secondary N) is 1. The molecule has 1 fully saturated rings. The average Bonchev–Trinajstić information content (AvgIpc) is 3.31. The van der Waals surface area contributed by atoms with Crippen LogP contribution < -0.4 is 11.1 Å². The third-order valence-electron chi connectivity index (χ3n) is 4.30. The van der Waals surface area contributed by atoms with Gasteiger partial charge in [-0.15, -0.1) is 0 Å². The van der Waals surface area contributed by atoms with Crippen LogP contribution in [-0.4, -0.2) is 20.5 Å². The number of hydrogen-bond acceptors (Lipinski definition) is 4. The predicted octanol–water partition coefficient (Wildman–Crippen LogP) is 1.93. The van der Waals surface area contributed by atoms with Crippen LogP contribution in [0.4, 0.5) is 5.82 Å². The van der Waals surface area contributed by atoms with Crippen molar-refractivity contribution in [3.05, 3.63) is 59.9 Å². The molecular weight excluding hydrogens is 290 g/mol.